The van der Waals surface area contributed by atoms with Gasteiger partial charge >= 0.3 is 5.97 Å². The van der Waals surface area contributed by atoms with Crippen LogP contribution >= 0.6 is 0 Å². The smallest absolute Gasteiger partial charge is 0.307 e. The number of hydrogen-bond donors (Lipinski definition) is 0. The molecule has 0 saturated carbocycles. The lowest BCUT2D eigenvalue weighted by atomic mass is 10.0. The highest BCUT2D eigenvalue weighted by Gasteiger charge is 2.23. The SMILES string of the molecule is CCOC(=O)CCN1COCN(Cc2cccc3ccccc23)c2ccc(C#N)cc21. The number of hydrogen-bond acceptors (Lipinski definition) is 6. The number of rotatable bonds is 6. The molecule has 0 amide bonds. The van der Waals surface area contributed by atoms with Crippen LogP contribution in [0.2, 0.25) is 0 Å². The average molecular weight is 415 g/mol. The number of esters is 1. The summed E-state index contributed by atoms with van der Waals surface area (Å²) in [6.45, 7) is 4.05. The van der Waals surface area contributed by atoms with Crippen molar-refractivity contribution in [3.8, 4) is 6.07 Å². The third kappa shape index (κ3) is 4.62. The van der Waals surface area contributed by atoms with Gasteiger partial charge in [0.25, 0.3) is 0 Å². The Balaban J connectivity index is 1.65. The molecule has 1 aliphatic rings. The number of nitriles is 1. The van der Waals surface area contributed by atoms with Gasteiger partial charge in [-0.15, -0.1) is 0 Å². The first-order valence-electron chi connectivity index (χ1n) is 10.4. The molecule has 0 aromatic heterocycles. The van der Waals surface area contributed by atoms with Crippen molar-refractivity contribution < 1.29 is 14.3 Å². The van der Waals surface area contributed by atoms with E-state index in [0.29, 0.717) is 38.7 Å². The molecule has 0 spiro atoms. The van der Waals surface area contributed by atoms with E-state index in [4.69, 9.17) is 9.47 Å². The molecule has 0 atom stereocenters. The topological polar surface area (TPSA) is 65.8 Å². The van der Waals surface area contributed by atoms with Crippen LogP contribution in [0.4, 0.5) is 11.4 Å². The first kappa shape index (κ1) is 20.7. The predicted octanol–water partition coefficient (Wildman–Crippen LogP) is 4.42. The second-order valence-electron chi connectivity index (χ2n) is 7.43. The standard InChI is InChI=1S/C25H25N3O3/c1-2-31-25(29)12-13-27-17-30-18-28(23-11-10-19(15-26)14-24(23)27)16-21-8-5-7-20-6-3-4-9-22(20)21/h3-11,14H,2,12-13,16-18H2,1H3. The molecule has 0 N–H and O–H groups in total. The Hall–Kier alpha value is -3.56. The van der Waals surface area contributed by atoms with Gasteiger partial charge in [-0.25, -0.2) is 0 Å². The molecule has 31 heavy (non-hydrogen) atoms. The molecular formula is C25H25N3O3. The summed E-state index contributed by atoms with van der Waals surface area (Å²) >= 11 is 0. The van der Waals surface area contributed by atoms with E-state index in [-0.39, 0.29) is 12.4 Å². The van der Waals surface area contributed by atoms with Crippen LogP contribution in [0.3, 0.4) is 0 Å². The fourth-order valence-corrected chi connectivity index (χ4v) is 3.93. The van der Waals surface area contributed by atoms with Crippen molar-refractivity contribution in [1.29, 1.82) is 5.26 Å². The quantitative estimate of drug-likeness (QED) is 0.555. The van der Waals surface area contributed by atoms with E-state index in [2.05, 4.69) is 47.4 Å². The minimum atomic E-state index is -0.239. The summed E-state index contributed by atoms with van der Waals surface area (Å²) in [6.07, 6.45) is 0.261. The van der Waals surface area contributed by atoms with Crippen molar-refractivity contribution in [3.63, 3.8) is 0 Å². The van der Waals surface area contributed by atoms with Crippen LogP contribution in [0.5, 0.6) is 0 Å². The fraction of sp³-hybridized carbons (Fsp3) is 0.280. The monoisotopic (exact) mass is 415 g/mol. The van der Waals surface area contributed by atoms with Crippen molar-refractivity contribution >= 4 is 28.1 Å². The van der Waals surface area contributed by atoms with Gasteiger partial charge in [0.15, 0.2) is 0 Å². The number of ether oxygens (including phenoxy) is 2. The maximum Gasteiger partial charge on any atom is 0.307 e. The highest BCUT2D eigenvalue weighted by Crippen LogP contribution is 2.34. The van der Waals surface area contributed by atoms with Gasteiger partial charge in [-0.1, -0.05) is 42.5 Å². The lowest BCUT2D eigenvalue weighted by Gasteiger charge is -2.27. The Bertz CT molecular complexity index is 1120. The van der Waals surface area contributed by atoms with E-state index in [1.165, 1.54) is 16.3 Å². The molecule has 1 heterocycles. The van der Waals surface area contributed by atoms with Crippen LogP contribution in [-0.4, -0.2) is 32.6 Å². The largest absolute Gasteiger partial charge is 0.466 e. The Morgan fingerprint density at radius 1 is 1.06 bits per heavy atom. The molecule has 1 aliphatic heterocycles. The van der Waals surface area contributed by atoms with Gasteiger partial charge in [-0.2, -0.15) is 5.26 Å². The van der Waals surface area contributed by atoms with Crippen LogP contribution in [-0.2, 0) is 20.8 Å². The van der Waals surface area contributed by atoms with Crippen LogP contribution in [0.1, 0.15) is 24.5 Å². The number of benzene rings is 3. The Kier molecular flexibility index (Phi) is 6.34. The zero-order valence-electron chi connectivity index (χ0n) is 17.6. The van der Waals surface area contributed by atoms with E-state index in [1.807, 2.05) is 29.2 Å². The molecule has 0 aliphatic carbocycles. The highest BCUT2D eigenvalue weighted by molar-refractivity contribution is 5.86. The molecule has 6 heteroatoms. The first-order chi connectivity index (χ1) is 15.2. The predicted molar refractivity (Wildman–Crippen MR) is 121 cm³/mol. The highest BCUT2D eigenvalue weighted by atomic mass is 16.5. The summed E-state index contributed by atoms with van der Waals surface area (Å²) < 4.78 is 11.0. The summed E-state index contributed by atoms with van der Waals surface area (Å²) in [5, 5.41) is 11.8. The van der Waals surface area contributed by atoms with E-state index in [1.54, 1.807) is 6.92 Å². The molecular weight excluding hydrogens is 390 g/mol. The maximum absolute atomic E-state index is 11.9. The second-order valence-corrected chi connectivity index (χ2v) is 7.43. The number of fused-ring (bicyclic) bond motifs is 2. The Labute approximate surface area is 182 Å². The minimum absolute atomic E-state index is 0.239. The molecule has 0 bridgehead atoms. The minimum Gasteiger partial charge on any atom is -0.466 e. The van der Waals surface area contributed by atoms with Crippen molar-refractivity contribution in [1.82, 2.24) is 0 Å². The average Bonchev–Trinajstić information content (AvgIpc) is 2.97. The summed E-state index contributed by atoms with van der Waals surface area (Å²) in [4.78, 5) is 16.0. The van der Waals surface area contributed by atoms with Gasteiger partial charge in [0.2, 0.25) is 0 Å². The zero-order chi connectivity index (χ0) is 21.6. The third-order valence-corrected chi connectivity index (χ3v) is 5.41. The second kappa shape index (κ2) is 9.50. The van der Waals surface area contributed by atoms with Gasteiger partial charge in [0, 0.05) is 13.1 Å². The normalized spacial score (nSPS) is 13.4. The van der Waals surface area contributed by atoms with Gasteiger partial charge in [0.05, 0.1) is 36.0 Å². The van der Waals surface area contributed by atoms with Crippen LogP contribution in [0, 0.1) is 11.3 Å². The molecule has 0 saturated heterocycles. The fourth-order valence-electron chi connectivity index (χ4n) is 3.93. The summed E-state index contributed by atoms with van der Waals surface area (Å²) in [5.41, 5.74) is 3.65. The summed E-state index contributed by atoms with van der Waals surface area (Å²) in [6, 6.07) is 22.5. The zero-order valence-corrected chi connectivity index (χ0v) is 17.6. The number of anilines is 2. The lowest BCUT2D eigenvalue weighted by molar-refractivity contribution is -0.142. The van der Waals surface area contributed by atoms with Crippen molar-refractivity contribution in [2.45, 2.75) is 19.9 Å². The van der Waals surface area contributed by atoms with Crippen LogP contribution in [0.15, 0.2) is 60.7 Å². The van der Waals surface area contributed by atoms with Gasteiger partial charge < -0.3 is 19.3 Å². The van der Waals surface area contributed by atoms with E-state index in [9.17, 15) is 10.1 Å². The summed E-state index contributed by atoms with van der Waals surface area (Å²) in [5.74, 6) is -0.239. The van der Waals surface area contributed by atoms with Gasteiger partial charge in [-0.05, 0) is 41.5 Å². The Morgan fingerprint density at radius 2 is 1.87 bits per heavy atom. The van der Waals surface area contributed by atoms with Crippen molar-refractivity contribution in [3.05, 3.63) is 71.8 Å². The van der Waals surface area contributed by atoms with E-state index in [0.717, 1.165) is 11.4 Å². The van der Waals surface area contributed by atoms with E-state index >= 15 is 0 Å². The molecule has 0 unspecified atom stereocenters. The number of carbonyl (C=O) groups is 1. The van der Waals surface area contributed by atoms with E-state index < -0.39 is 0 Å². The first-order valence-corrected chi connectivity index (χ1v) is 10.4. The number of carbonyl (C=O) groups excluding carboxylic acids is 1. The summed E-state index contributed by atoms with van der Waals surface area (Å²) in [7, 11) is 0. The molecule has 3 aromatic carbocycles. The molecule has 0 fully saturated rings. The Morgan fingerprint density at radius 3 is 2.71 bits per heavy atom. The molecule has 0 radical (unpaired) electrons. The lowest BCUT2D eigenvalue weighted by Crippen LogP contribution is -2.28. The molecule has 158 valence electrons. The molecule has 3 aromatic rings. The maximum atomic E-state index is 11.9. The molecule has 4 rings (SSSR count). The van der Waals surface area contributed by atoms with Gasteiger partial charge in [0.1, 0.15) is 13.5 Å². The number of nitrogens with zero attached hydrogens (tertiary/aromatic N) is 3. The van der Waals surface area contributed by atoms with Crippen molar-refractivity contribution in [2.24, 2.45) is 0 Å². The van der Waals surface area contributed by atoms with Crippen LogP contribution < -0.4 is 9.80 Å². The van der Waals surface area contributed by atoms with Gasteiger partial charge in [-0.3, -0.25) is 4.79 Å². The third-order valence-electron chi connectivity index (χ3n) is 5.41. The van der Waals surface area contributed by atoms with Crippen molar-refractivity contribution in [2.75, 3.05) is 36.4 Å². The van der Waals surface area contributed by atoms with Crippen LogP contribution in [0.25, 0.3) is 10.8 Å². The molecule has 6 nitrogen and oxygen atoms in total.